The fourth-order valence-electron chi connectivity index (χ4n) is 1.69. The Hall–Kier alpha value is -3.16. The number of ketones is 1. The number of methoxy groups -OCH3 is 1. The van der Waals surface area contributed by atoms with Crippen LogP contribution in [0.2, 0.25) is 0 Å². The van der Waals surface area contributed by atoms with Crippen LogP contribution >= 0.6 is 0 Å². The minimum atomic E-state index is -0.962. The summed E-state index contributed by atoms with van der Waals surface area (Å²) in [6.45, 7) is -0.534. The number of hydrogen-bond donors (Lipinski definition) is 0. The second-order valence-corrected chi connectivity index (χ2v) is 4.09. The average molecular weight is 305 g/mol. The lowest BCUT2D eigenvalue weighted by Crippen LogP contribution is -2.14. The van der Waals surface area contributed by atoms with E-state index in [1.165, 1.54) is 13.2 Å². The van der Waals surface area contributed by atoms with Gasteiger partial charge in [-0.15, -0.1) is 0 Å². The maximum atomic E-state index is 12.0. The Kier molecular flexibility index (Phi) is 4.52. The molecule has 2 aromatic rings. The number of nitro groups is 1. The molecular weight excluding hydrogens is 294 g/mol. The van der Waals surface area contributed by atoms with Crippen molar-refractivity contribution in [3.05, 3.63) is 57.8 Å². The van der Waals surface area contributed by atoms with Gasteiger partial charge in [0.05, 0.1) is 18.7 Å². The molecule has 0 amide bonds. The van der Waals surface area contributed by atoms with Gasteiger partial charge in [0.15, 0.2) is 6.61 Å². The molecule has 1 aromatic carbocycles. The molecule has 1 heterocycles. The molecule has 0 saturated heterocycles. The predicted molar refractivity (Wildman–Crippen MR) is 73.0 cm³/mol. The standard InChI is InChI=1S/C14H11NO7/c1-20-11-5-3-2-4-9(11)10(16)8-21-14(17)12-6-7-13(22-12)15(18)19/h2-7H,8H2,1H3. The number of hydrogen-bond acceptors (Lipinski definition) is 7. The van der Waals surface area contributed by atoms with E-state index in [4.69, 9.17) is 9.47 Å². The van der Waals surface area contributed by atoms with Gasteiger partial charge < -0.3 is 13.9 Å². The van der Waals surface area contributed by atoms with Gasteiger partial charge in [-0.1, -0.05) is 12.1 Å². The molecule has 0 saturated carbocycles. The highest BCUT2D eigenvalue weighted by Crippen LogP contribution is 2.19. The lowest BCUT2D eigenvalue weighted by atomic mass is 10.1. The molecule has 8 heteroatoms. The van der Waals surface area contributed by atoms with Crippen molar-refractivity contribution in [2.45, 2.75) is 0 Å². The summed E-state index contributed by atoms with van der Waals surface area (Å²) in [6, 6.07) is 8.61. The second kappa shape index (κ2) is 6.53. The summed E-state index contributed by atoms with van der Waals surface area (Å²) in [7, 11) is 1.42. The number of furan rings is 1. The van der Waals surface area contributed by atoms with E-state index < -0.39 is 29.2 Å². The molecule has 22 heavy (non-hydrogen) atoms. The van der Waals surface area contributed by atoms with Crippen molar-refractivity contribution in [2.75, 3.05) is 13.7 Å². The minimum Gasteiger partial charge on any atom is -0.496 e. The van der Waals surface area contributed by atoms with Crippen LogP contribution in [-0.4, -0.2) is 30.4 Å². The SMILES string of the molecule is COc1ccccc1C(=O)COC(=O)c1ccc([N+](=O)[O-])o1. The van der Waals surface area contributed by atoms with E-state index in [2.05, 4.69) is 4.42 Å². The van der Waals surface area contributed by atoms with Crippen molar-refractivity contribution in [1.29, 1.82) is 0 Å². The number of carbonyl (C=O) groups excluding carboxylic acids is 2. The van der Waals surface area contributed by atoms with Crippen molar-refractivity contribution in [3.8, 4) is 5.75 Å². The zero-order chi connectivity index (χ0) is 16.1. The molecule has 0 radical (unpaired) electrons. The summed E-state index contributed by atoms with van der Waals surface area (Å²) in [5.74, 6) is -2.00. The van der Waals surface area contributed by atoms with Gasteiger partial charge in [0, 0.05) is 0 Å². The summed E-state index contributed by atoms with van der Waals surface area (Å²) in [5, 5.41) is 10.5. The number of carbonyl (C=O) groups is 2. The first-order valence-corrected chi connectivity index (χ1v) is 6.10. The number of ether oxygens (including phenoxy) is 2. The van der Waals surface area contributed by atoms with E-state index in [1.807, 2.05) is 0 Å². The van der Waals surface area contributed by atoms with Crippen molar-refractivity contribution in [1.82, 2.24) is 0 Å². The Morgan fingerprint density at radius 1 is 1.23 bits per heavy atom. The second-order valence-electron chi connectivity index (χ2n) is 4.09. The van der Waals surface area contributed by atoms with Crippen LogP contribution in [0.4, 0.5) is 5.88 Å². The van der Waals surface area contributed by atoms with Gasteiger partial charge in [0.25, 0.3) is 0 Å². The number of rotatable bonds is 6. The molecule has 0 aliphatic rings. The van der Waals surface area contributed by atoms with Gasteiger partial charge >= 0.3 is 11.9 Å². The Morgan fingerprint density at radius 2 is 1.95 bits per heavy atom. The zero-order valence-corrected chi connectivity index (χ0v) is 11.5. The normalized spacial score (nSPS) is 10.0. The third-order valence-corrected chi connectivity index (χ3v) is 2.71. The van der Waals surface area contributed by atoms with Crippen molar-refractivity contribution >= 4 is 17.6 Å². The van der Waals surface area contributed by atoms with Crippen LogP contribution in [0.15, 0.2) is 40.8 Å². The monoisotopic (exact) mass is 305 g/mol. The molecule has 114 valence electrons. The highest BCUT2D eigenvalue weighted by molar-refractivity contribution is 6.01. The van der Waals surface area contributed by atoms with Crippen molar-refractivity contribution in [2.24, 2.45) is 0 Å². The molecule has 0 unspecified atom stereocenters. The molecule has 0 fully saturated rings. The van der Waals surface area contributed by atoms with Crippen molar-refractivity contribution in [3.63, 3.8) is 0 Å². The van der Waals surface area contributed by atoms with E-state index in [0.29, 0.717) is 5.75 Å². The van der Waals surface area contributed by atoms with E-state index in [9.17, 15) is 19.7 Å². The van der Waals surface area contributed by atoms with Crippen LogP contribution < -0.4 is 4.74 Å². The number of nitrogens with zero attached hydrogens (tertiary/aromatic N) is 1. The molecule has 0 aliphatic carbocycles. The number of para-hydroxylation sites is 1. The van der Waals surface area contributed by atoms with Gasteiger partial charge in [-0.05, 0) is 18.2 Å². The first-order valence-electron chi connectivity index (χ1n) is 6.10. The first kappa shape index (κ1) is 15.2. The Balaban J connectivity index is 2.01. The fourth-order valence-corrected chi connectivity index (χ4v) is 1.69. The maximum Gasteiger partial charge on any atom is 0.433 e. The van der Waals surface area contributed by atoms with Crippen molar-refractivity contribution < 1.29 is 28.4 Å². The molecule has 2 rings (SSSR count). The quantitative estimate of drug-likeness (QED) is 0.348. The Morgan fingerprint density at radius 3 is 2.59 bits per heavy atom. The van der Waals surface area contributed by atoms with E-state index in [0.717, 1.165) is 12.1 Å². The summed E-state index contributed by atoms with van der Waals surface area (Å²) in [5.41, 5.74) is 0.267. The molecule has 0 N–H and O–H groups in total. The fraction of sp³-hybridized carbons (Fsp3) is 0.143. The Bertz CT molecular complexity index is 719. The maximum absolute atomic E-state index is 12.0. The van der Waals surface area contributed by atoms with Crippen LogP contribution in [0.1, 0.15) is 20.9 Å². The highest BCUT2D eigenvalue weighted by Gasteiger charge is 2.20. The summed E-state index contributed by atoms with van der Waals surface area (Å²) in [4.78, 5) is 33.3. The van der Waals surface area contributed by atoms with Crippen LogP contribution in [0.25, 0.3) is 0 Å². The highest BCUT2D eigenvalue weighted by atomic mass is 16.7. The lowest BCUT2D eigenvalue weighted by molar-refractivity contribution is -0.402. The smallest absolute Gasteiger partial charge is 0.433 e. The van der Waals surface area contributed by atoms with Crippen LogP contribution in [0, 0.1) is 10.1 Å². The van der Waals surface area contributed by atoms with Gasteiger partial charge in [-0.2, -0.15) is 0 Å². The van der Waals surface area contributed by atoms with Gasteiger partial charge in [-0.3, -0.25) is 14.9 Å². The summed E-state index contributed by atoms with van der Waals surface area (Å²) >= 11 is 0. The van der Waals surface area contributed by atoms with E-state index in [1.54, 1.807) is 18.2 Å². The van der Waals surface area contributed by atoms with Gasteiger partial charge in [0.1, 0.15) is 10.7 Å². The summed E-state index contributed by atoms with van der Waals surface area (Å²) < 4.78 is 14.5. The van der Waals surface area contributed by atoms with Gasteiger partial charge in [-0.25, -0.2) is 4.79 Å². The third-order valence-electron chi connectivity index (χ3n) is 2.71. The van der Waals surface area contributed by atoms with Crippen LogP contribution in [0.3, 0.4) is 0 Å². The molecule has 0 aliphatic heterocycles. The molecule has 0 bridgehead atoms. The summed E-state index contributed by atoms with van der Waals surface area (Å²) in [6.07, 6.45) is 0. The van der Waals surface area contributed by atoms with Crippen LogP contribution in [0.5, 0.6) is 5.75 Å². The minimum absolute atomic E-state index is 0.267. The van der Waals surface area contributed by atoms with E-state index in [-0.39, 0.29) is 11.3 Å². The van der Waals surface area contributed by atoms with Crippen LogP contribution in [-0.2, 0) is 4.74 Å². The number of Topliss-reactive ketones (excluding diaryl/α,β-unsaturated/α-hetero) is 1. The largest absolute Gasteiger partial charge is 0.496 e. The first-order chi connectivity index (χ1) is 10.5. The predicted octanol–water partition coefficient (Wildman–Crippen LogP) is 2.24. The average Bonchev–Trinajstić information content (AvgIpc) is 3.02. The molecule has 1 aromatic heterocycles. The number of benzene rings is 1. The third kappa shape index (κ3) is 3.29. The van der Waals surface area contributed by atoms with Gasteiger partial charge in [0.2, 0.25) is 11.5 Å². The topological polar surface area (TPSA) is 109 Å². The lowest BCUT2D eigenvalue weighted by Gasteiger charge is -2.07. The number of esters is 1. The van der Waals surface area contributed by atoms with E-state index >= 15 is 0 Å². The molecule has 0 atom stereocenters. The molecule has 8 nitrogen and oxygen atoms in total. The zero-order valence-electron chi connectivity index (χ0n) is 11.5. The molecule has 0 spiro atoms. The molecular formula is C14H11NO7. The Labute approximate surface area is 124 Å².